The minimum Gasteiger partial charge on any atom is -0.497 e. The van der Waals surface area contributed by atoms with Crippen LogP contribution in [-0.4, -0.2) is 12.9 Å². The summed E-state index contributed by atoms with van der Waals surface area (Å²) in [5.74, 6) is 0.966. The third-order valence-corrected chi connectivity index (χ3v) is 4.05. The van der Waals surface area contributed by atoms with Crippen molar-refractivity contribution < 1.29 is 9.53 Å². The molecular weight excluding hydrogens is 244 g/mol. The second kappa shape index (κ2) is 5.83. The average Bonchev–Trinajstić information content (AvgIpc) is 2.88. The summed E-state index contributed by atoms with van der Waals surface area (Å²) in [5.41, 5.74) is 0.991. The van der Waals surface area contributed by atoms with E-state index < -0.39 is 0 Å². The SMILES string of the molecule is CCc1ccc(C(=O)Cc2cccc(OC)c2)s1. The maximum atomic E-state index is 12.1. The predicted molar refractivity (Wildman–Crippen MR) is 74.7 cm³/mol. The van der Waals surface area contributed by atoms with Crippen molar-refractivity contribution in [1.29, 1.82) is 0 Å². The van der Waals surface area contributed by atoms with Gasteiger partial charge in [0.2, 0.25) is 0 Å². The van der Waals surface area contributed by atoms with Crippen molar-refractivity contribution >= 4 is 17.1 Å². The molecule has 0 aliphatic rings. The molecule has 18 heavy (non-hydrogen) atoms. The highest BCUT2D eigenvalue weighted by Gasteiger charge is 2.10. The fourth-order valence-electron chi connectivity index (χ4n) is 1.77. The maximum absolute atomic E-state index is 12.1. The monoisotopic (exact) mass is 260 g/mol. The highest BCUT2D eigenvalue weighted by Crippen LogP contribution is 2.20. The molecule has 2 nitrogen and oxygen atoms in total. The van der Waals surface area contributed by atoms with E-state index >= 15 is 0 Å². The van der Waals surface area contributed by atoms with Crippen molar-refractivity contribution in [3.8, 4) is 5.75 Å². The number of hydrogen-bond acceptors (Lipinski definition) is 3. The van der Waals surface area contributed by atoms with Crippen LogP contribution in [0.25, 0.3) is 0 Å². The molecule has 0 atom stereocenters. The van der Waals surface area contributed by atoms with Crippen LogP contribution in [0.1, 0.15) is 27.0 Å². The Balaban J connectivity index is 2.10. The van der Waals surface area contributed by atoms with Gasteiger partial charge in [0.15, 0.2) is 5.78 Å². The first-order chi connectivity index (χ1) is 8.72. The Hall–Kier alpha value is -1.61. The third-order valence-electron chi connectivity index (χ3n) is 2.78. The lowest BCUT2D eigenvalue weighted by Gasteiger charge is -2.03. The molecule has 0 saturated heterocycles. The lowest BCUT2D eigenvalue weighted by atomic mass is 10.1. The molecule has 1 aromatic heterocycles. The van der Waals surface area contributed by atoms with Gasteiger partial charge in [0.1, 0.15) is 5.75 Å². The number of carbonyl (C=O) groups is 1. The normalized spacial score (nSPS) is 10.3. The Morgan fingerprint density at radius 3 is 2.78 bits per heavy atom. The summed E-state index contributed by atoms with van der Waals surface area (Å²) < 4.78 is 5.15. The molecule has 0 N–H and O–H groups in total. The number of benzene rings is 1. The van der Waals surface area contributed by atoms with Crippen molar-refractivity contribution in [2.75, 3.05) is 7.11 Å². The van der Waals surface area contributed by atoms with E-state index in [1.807, 2.05) is 36.4 Å². The van der Waals surface area contributed by atoms with Gasteiger partial charge in [0.25, 0.3) is 0 Å². The van der Waals surface area contributed by atoms with Crippen LogP contribution in [-0.2, 0) is 12.8 Å². The fraction of sp³-hybridized carbons (Fsp3) is 0.267. The van der Waals surface area contributed by atoms with Gasteiger partial charge in [0.05, 0.1) is 12.0 Å². The number of thiophene rings is 1. The van der Waals surface area contributed by atoms with Gasteiger partial charge in [-0.2, -0.15) is 0 Å². The number of methoxy groups -OCH3 is 1. The van der Waals surface area contributed by atoms with Crippen molar-refractivity contribution in [3.63, 3.8) is 0 Å². The summed E-state index contributed by atoms with van der Waals surface area (Å²) in [5, 5.41) is 0. The Kier molecular flexibility index (Phi) is 4.15. The summed E-state index contributed by atoms with van der Waals surface area (Å²) in [6, 6.07) is 11.6. The van der Waals surface area contributed by atoms with Gasteiger partial charge in [-0.1, -0.05) is 19.1 Å². The van der Waals surface area contributed by atoms with Crippen LogP contribution in [0.4, 0.5) is 0 Å². The number of ether oxygens (including phenoxy) is 1. The van der Waals surface area contributed by atoms with E-state index in [1.54, 1.807) is 18.4 Å². The highest BCUT2D eigenvalue weighted by molar-refractivity contribution is 7.14. The molecule has 0 radical (unpaired) electrons. The number of Topliss-reactive ketones (excluding diaryl/α,β-unsaturated/α-hetero) is 1. The molecule has 0 amide bonds. The summed E-state index contributed by atoms with van der Waals surface area (Å²) >= 11 is 1.59. The zero-order valence-corrected chi connectivity index (χ0v) is 11.4. The lowest BCUT2D eigenvalue weighted by molar-refractivity contribution is 0.0997. The number of hydrogen-bond donors (Lipinski definition) is 0. The van der Waals surface area contributed by atoms with Crippen LogP contribution in [0.15, 0.2) is 36.4 Å². The van der Waals surface area contributed by atoms with E-state index in [2.05, 4.69) is 6.92 Å². The van der Waals surface area contributed by atoms with Crippen molar-refractivity contribution in [1.82, 2.24) is 0 Å². The highest BCUT2D eigenvalue weighted by atomic mass is 32.1. The van der Waals surface area contributed by atoms with Crippen LogP contribution in [0.2, 0.25) is 0 Å². The van der Waals surface area contributed by atoms with Gasteiger partial charge < -0.3 is 4.74 Å². The van der Waals surface area contributed by atoms with E-state index in [1.165, 1.54) is 4.88 Å². The number of aryl methyl sites for hydroxylation is 1. The molecule has 0 unspecified atom stereocenters. The van der Waals surface area contributed by atoms with Crippen molar-refractivity contribution in [2.45, 2.75) is 19.8 Å². The molecule has 0 fully saturated rings. The van der Waals surface area contributed by atoms with Crippen molar-refractivity contribution in [3.05, 3.63) is 51.7 Å². The lowest BCUT2D eigenvalue weighted by Crippen LogP contribution is -2.01. The Labute approximate surface area is 111 Å². The number of ketones is 1. The maximum Gasteiger partial charge on any atom is 0.177 e. The summed E-state index contributed by atoms with van der Waals surface area (Å²) in [6.45, 7) is 2.10. The van der Waals surface area contributed by atoms with Gasteiger partial charge in [-0.05, 0) is 36.2 Å². The quantitative estimate of drug-likeness (QED) is 0.765. The minimum absolute atomic E-state index is 0.174. The molecule has 0 aliphatic carbocycles. The molecule has 0 aliphatic heterocycles. The summed E-state index contributed by atoms with van der Waals surface area (Å²) in [6.07, 6.45) is 1.41. The van der Waals surface area contributed by atoms with Gasteiger partial charge in [-0.25, -0.2) is 0 Å². The topological polar surface area (TPSA) is 26.3 Å². The zero-order chi connectivity index (χ0) is 13.0. The molecule has 3 heteroatoms. The van der Waals surface area contributed by atoms with Crippen LogP contribution in [0.5, 0.6) is 5.75 Å². The van der Waals surface area contributed by atoms with E-state index in [-0.39, 0.29) is 5.78 Å². The van der Waals surface area contributed by atoms with Gasteiger partial charge >= 0.3 is 0 Å². The van der Waals surface area contributed by atoms with Crippen LogP contribution >= 0.6 is 11.3 Å². The Morgan fingerprint density at radius 1 is 1.28 bits per heavy atom. The average molecular weight is 260 g/mol. The number of carbonyl (C=O) groups excluding carboxylic acids is 1. The molecule has 0 spiro atoms. The van der Waals surface area contributed by atoms with Gasteiger partial charge in [-0.15, -0.1) is 11.3 Å². The first-order valence-corrected chi connectivity index (χ1v) is 6.79. The van der Waals surface area contributed by atoms with Gasteiger partial charge in [-0.3, -0.25) is 4.79 Å². The number of rotatable bonds is 5. The Morgan fingerprint density at radius 2 is 2.11 bits per heavy atom. The Bertz CT molecular complexity index is 543. The van der Waals surface area contributed by atoms with Crippen LogP contribution in [0, 0.1) is 0 Å². The molecule has 0 saturated carbocycles. The second-order valence-electron chi connectivity index (χ2n) is 4.07. The molecule has 1 heterocycles. The third kappa shape index (κ3) is 2.99. The second-order valence-corrected chi connectivity index (χ2v) is 5.24. The minimum atomic E-state index is 0.174. The molecule has 2 aromatic rings. The zero-order valence-electron chi connectivity index (χ0n) is 10.6. The molecule has 1 aromatic carbocycles. The smallest absolute Gasteiger partial charge is 0.177 e. The van der Waals surface area contributed by atoms with E-state index in [0.29, 0.717) is 6.42 Å². The van der Waals surface area contributed by atoms with Crippen LogP contribution in [0.3, 0.4) is 0 Å². The molecule has 94 valence electrons. The van der Waals surface area contributed by atoms with E-state index in [4.69, 9.17) is 4.74 Å². The van der Waals surface area contributed by atoms with E-state index in [0.717, 1.165) is 22.6 Å². The standard InChI is InChI=1S/C15H16O2S/c1-3-13-7-8-15(18-13)14(16)10-11-5-4-6-12(9-11)17-2/h4-9H,3,10H2,1-2H3. The molecule has 0 bridgehead atoms. The fourth-order valence-corrected chi connectivity index (χ4v) is 2.66. The molecule has 2 rings (SSSR count). The predicted octanol–water partition coefficient (Wildman–Crippen LogP) is 3.74. The summed E-state index contributed by atoms with van der Waals surface area (Å²) in [7, 11) is 1.63. The van der Waals surface area contributed by atoms with Gasteiger partial charge in [0, 0.05) is 11.3 Å². The van der Waals surface area contributed by atoms with Crippen molar-refractivity contribution in [2.24, 2.45) is 0 Å². The van der Waals surface area contributed by atoms with Crippen LogP contribution < -0.4 is 4.74 Å². The first-order valence-electron chi connectivity index (χ1n) is 5.97. The summed E-state index contributed by atoms with van der Waals surface area (Å²) in [4.78, 5) is 14.2. The molecular formula is C15H16O2S. The first kappa shape index (κ1) is 12.8. The van der Waals surface area contributed by atoms with E-state index in [9.17, 15) is 4.79 Å². The largest absolute Gasteiger partial charge is 0.497 e.